The molecule has 0 bridgehead atoms. The lowest BCUT2D eigenvalue weighted by atomic mass is 10.2. The Labute approximate surface area is 158 Å². The highest BCUT2D eigenvalue weighted by atomic mass is 35.5. The number of carbonyl (C=O) groups is 1. The molecule has 26 heavy (non-hydrogen) atoms. The van der Waals surface area contributed by atoms with Gasteiger partial charge in [-0.05, 0) is 61.5 Å². The first kappa shape index (κ1) is 18.8. The summed E-state index contributed by atoms with van der Waals surface area (Å²) in [4.78, 5) is 16.8. The molecule has 3 rings (SSSR count). The molecule has 0 atom stereocenters. The smallest absolute Gasteiger partial charge is 0.238 e. The summed E-state index contributed by atoms with van der Waals surface area (Å²) in [7, 11) is 0. The summed E-state index contributed by atoms with van der Waals surface area (Å²) in [5.41, 5.74) is 1.87. The van der Waals surface area contributed by atoms with Gasteiger partial charge in [0.15, 0.2) is 0 Å². The Kier molecular flexibility index (Phi) is 6.61. The first-order valence-electron chi connectivity index (χ1n) is 8.83. The summed E-state index contributed by atoms with van der Waals surface area (Å²) in [5.74, 6) is -0.221. The van der Waals surface area contributed by atoms with Gasteiger partial charge in [-0.2, -0.15) is 0 Å². The predicted molar refractivity (Wildman–Crippen MR) is 103 cm³/mol. The van der Waals surface area contributed by atoms with Crippen LogP contribution in [0.2, 0.25) is 5.02 Å². The highest BCUT2D eigenvalue weighted by Gasteiger charge is 2.17. The molecule has 0 spiro atoms. The van der Waals surface area contributed by atoms with E-state index in [-0.39, 0.29) is 11.7 Å². The van der Waals surface area contributed by atoms with Crippen molar-refractivity contribution in [3.63, 3.8) is 0 Å². The Morgan fingerprint density at radius 1 is 0.962 bits per heavy atom. The van der Waals surface area contributed by atoms with Crippen molar-refractivity contribution in [2.45, 2.75) is 13.0 Å². The summed E-state index contributed by atoms with van der Waals surface area (Å²) < 4.78 is 13.0. The highest BCUT2D eigenvalue weighted by molar-refractivity contribution is 6.30. The number of halogens is 2. The van der Waals surface area contributed by atoms with Gasteiger partial charge in [0, 0.05) is 30.3 Å². The van der Waals surface area contributed by atoms with Crippen molar-refractivity contribution in [1.29, 1.82) is 0 Å². The molecule has 0 aliphatic carbocycles. The maximum Gasteiger partial charge on any atom is 0.238 e. The molecule has 6 heteroatoms. The van der Waals surface area contributed by atoms with Crippen LogP contribution in [-0.2, 0) is 11.3 Å². The molecule has 138 valence electrons. The van der Waals surface area contributed by atoms with Crippen LogP contribution in [0.5, 0.6) is 0 Å². The monoisotopic (exact) mass is 375 g/mol. The number of hydrogen-bond donors (Lipinski definition) is 1. The third kappa shape index (κ3) is 5.80. The number of benzene rings is 2. The number of nitrogens with one attached hydrogen (secondary N) is 1. The van der Waals surface area contributed by atoms with Gasteiger partial charge in [-0.1, -0.05) is 23.7 Å². The number of rotatable bonds is 5. The minimum Gasteiger partial charge on any atom is -0.325 e. The molecule has 1 amide bonds. The SMILES string of the molecule is O=C(CN1CCCN(Cc2ccc(F)cc2)CC1)Nc1ccc(Cl)cc1. The Balaban J connectivity index is 1.46. The molecule has 2 aromatic carbocycles. The van der Waals surface area contributed by atoms with Crippen LogP contribution >= 0.6 is 11.6 Å². The molecule has 4 nitrogen and oxygen atoms in total. The van der Waals surface area contributed by atoms with E-state index in [4.69, 9.17) is 11.6 Å². The van der Waals surface area contributed by atoms with Crippen LogP contribution in [0.15, 0.2) is 48.5 Å². The van der Waals surface area contributed by atoms with Crippen molar-refractivity contribution >= 4 is 23.2 Å². The first-order valence-corrected chi connectivity index (χ1v) is 9.21. The maximum absolute atomic E-state index is 13.0. The summed E-state index contributed by atoms with van der Waals surface area (Å²) in [6.45, 7) is 4.81. The Morgan fingerprint density at radius 2 is 1.62 bits per heavy atom. The van der Waals surface area contributed by atoms with Crippen LogP contribution in [-0.4, -0.2) is 48.4 Å². The maximum atomic E-state index is 13.0. The minimum atomic E-state index is -0.206. The van der Waals surface area contributed by atoms with E-state index >= 15 is 0 Å². The fourth-order valence-electron chi connectivity index (χ4n) is 3.13. The van der Waals surface area contributed by atoms with Crippen LogP contribution in [0.25, 0.3) is 0 Å². The lowest BCUT2D eigenvalue weighted by Gasteiger charge is -2.21. The minimum absolute atomic E-state index is 0.0145. The number of nitrogens with zero attached hydrogens (tertiary/aromatic N) is 2. The zero-order valence-electron chi connectivity index (χ0n) is 14.6. The number of amides is 1. The van der Waals surface area contributed by atoms with E-state index in [0.717, 1.165) is 50.4 Å². The fraction of sp³-hybridized carbons (Fsp3) is 0.350. The van der Waals surface area contributed by atoms with Crippen molar-refractivity contribution in [1.82, 2.24) is 9.80 Å². The van der Waals surface area contributed by atoms with Crippen LogP contribution in [0, 0.1) is 5.82 Å². The lowest BCUT2D eigenvalue weighted by Crippen LogP contribution is -2.36. The van der Waals surface area contributed by atoms with Crippen molar-refractivity contribution in [3.8, 4) is 0 Å². The lowest BCUT2D eigenvalue weighted by molar-refractivity contribution is -0.117. The van der Waals surface area contributed by atoms with Gasteiger partial charge in [0.05, 0.1) is 6.54 Å². The molecule has 1 saturated heterocycles. The fourth-order valence-corrected chi connectivity index (χ4v) is 3.25. The zero-order valence-corrected chi connectivity index (χ0v) is 15.4. The third-order valence-electron chi connectivity index (χ3n) is 4.50. The average Bonchev–Trinajstić information content (AvgIpc) is 2.84. The number of anilines is 1. The van der Waals surface area contributed by atoms with Crippen LogP contribution in [0.3, 0.4) is 0 Å². The molecule has 0 saturated carbocycles. The van der Waals surface area contributed by atoms with Gasteiger partial charge in [-0.25, -0.2) is 4.39 Å². The normalized spacial score (nSPS) is 16.2. The summed E-state index contributed by atoms with van der Waals surface area (Å²) in [6.07, 6.45) is 1.01. The van der Waals surface area contributed by atoms with Gasteiger partial charge in [-0.15, -0.1) is 0 Å². The summed E-state index contributed by atoms with van der Waals surface area (Å²) in [5, 5.41) is 3.55. The highest BCUT2D eigenvalue weighted by Crippen LogP contribution is 2.14. The second kappa shape index (κ2) is 9.12. The largest absolute Gasteiger partial charge is 0.325 e. The van der Waals surface area contributed by atoms with Gasteiger partial charge < -0.3 is 5.32 Å². The van der Waals surface area contributed by atoms with Crippen molar-refractivity contribution in [3.05, 3.63) is 64.9 Å². The molecule has 0 aromatic heterocycles. The van der Waals surface area contributed by atoms with Crippen LogP contribution in [0.1, 0.15) is 12.0 Å². The van der Waals surface area contributed by atoms with E-state index in [1.54, 1.807) is 24.3 Å². The van der Waals surface area contributed by atoms with Crippen molar-refractivity contribution < 1.29 is 9.18 Å². The Morgan fingerprint density at radius 3 is 2.35 bits per heavy atom. The molecule has 1 fully saturated rings. The van der Waals surface area contributed by atoms with E-state index < -0.39 is 0 Å². The molecule has 1 N–H and O–H groups in total. The van der Waals surface area contributed by atoms with E-state index in [1.165, 1.54) is 12.1 Å². The van der Waals surface area contributed by atoms with Gasteiger partial charge in [-0.3, -0.25) is 14.6 Å². The predicted octanol–water partition coefficient (Wildman–Crippen LogP) is 3.63. The van der Waals surface area contributed by atoms with Crippen molar-refractivity contribution in [2.24, 2.45) is 0 Å². The number of hydrogen-bond acceptors (Lipinski definition) is 3. The van der Waals surface area contributed by atoms with Crippen molar-refractivity contribution in [2.75, 3.05) is 38.0 Å². The Hall–Kier alpha value is -1.95. The molecule has 0 radical (unpaired) electrons. The second-order valence-electron chi connectivity index (χ2n) is 6.59. The molecule has 0 unspecified atom stereocenters. The molecule has 1 aliphatic heterocycles. The second-order valence-corrected chi connectivity index (χ2v) is 7.02. The standard InChI is InChI=1S/C20H23ClFN3O/c21-17-4-8-19(9-5-17)23-20(26)15-25-11-1-10-24(12-13-25)14-16-2-6-18(22)7-3-16/h2-9H,1,10-15H2,(H,23,26). The van der Waals surface area contributed by atoms with Crippen LogP contribution in [0.4, 0.5) is 10.1 Å². The molecule has 2 aromatic rings. The first-order chi connectivity index (χ1) is 12.6. The van der Waals surface area contributed by atoms with Gasteiger partial charge in [0.2, 0.25) is 5.91 Å². The molecular formula is C20H23ClFN3O. The quantitative estimate of drug-likeness (QED) is 0.866. The van der Waals surface area contributed by atoms with E-state index in [2.05, 4.69) is 15.1 Å². The Bertz CT molecular complexity index is 721. The van der Waals surface area contributed by atoms with Gasteiger partial charge in [0.25, 0.3) is 0 Å². The van der Waals surface area contributed by atoms with Crippen LogP contribution < -0.4 is 5.32 Å². The topological polar surface area (TPSA) is 35.6 Å². The average molecular weight is 376 g/mol. The molecule has 1 aliphatic rings. The third-order valence-corrected chi connectivity index (χ3v) is 4.75. The molecule has 1 heterocycles. The van der Waals surface area contributed by atoms with Gasteiger partial charge in [0.1, 0.15) is 5.82 Å². The van der Waals surface area contributed by atoms with E-state index in [0.29, 0.717) is 11.6 Å². The van der Waals surface area contributed by atoms with E-state index in [1.807, 2.05) is 12.1 Å². The summed E-state index contributed by atoms with van der Waals surface area (Å²) >= 11 is 5.86. The van der Waals surface area contributed by atoms with Gasteiger partial charge >= 0.3 is 0 Å². The zero-order chi connectivity index (χ0) is 18.4. The molecular weight excluding hydrogens is 353 g/mol. The summed E-state index contributed by atoms with van der Waals surface area (Å²) in [6, 6.07) is 13.8. The van der Waals surface area contributed by atoms with E-state index in [9.17, 15) is 9.18 Å². The number of carbonyl (C=O) groups excluding carboxylic acids is 1.